The van der Waals surface area contributed by atoms with Gasteiger partial charge < -0.3 is 24.8 Å². The van der Waals surface area contributed by atoms with E-state index in [1.54, 1.807) is 24.3 Å². The molecule has 1 aromatic carbocycles. The fourth-order valence-corrected chi connectivity index (χ4v) is 4.97. The third-order valence-corrected chi connectivity index (χ3v) is 6.83. The fraction of sp³-hybridized carbons (Fsp3) is 0.476. The number of aryl methyl sites for hydroxylation is 1. The van der Waals surface area contributed by atoms with Crippen molar-refractivity contribution >= 4 is 11.3 Å². The Morgan fingerprint density at radius 1 is 1.21 bits per heavy atom. The number of thiophene rings is 1. The largest absolute Gasteiger partial charge is 0.388 e. The first-order chi connectivity index (χ1) is 13.4. The SMILES string of the molecule is CCc1ccc(Cc2cc3c(cc2C#N)CO[C@]32O[C@H](C)[C@@H](O)[C@H](O)[C@H]2O)s1. The Morgan fingerprint density at radius 2 is 1.96 bits per heavy atom. The van der Waals surface area contributed by atoms with Gasteiger partial charge in [-0.15, -0.1) is 11.3 Å². The lowest BCUT2D eigenvalue weighted by Crippen LogP contribution is -2.62. The quantitative estimate of drug-likeness (QED) is 0.727. The molecule has 1 saturated heterocycles. The van der Waals surface area contributed by atoms with E-state index in [-0.39, 0.29) is 6.61 Å². The van der Waals surface area contributed by atoms with Gasteiger partial charge in [0, 0.05) is 21.7 Å². The molecule has 0 unspecified atom stereocenters. The highest BCUT2D eigenvalue weighted by atomic mass is 32.1. The molecule has 0 saturated carbocycles. The second-order valence-corrected chi connectivity index (χ2v) is 8.63. The molecule has 0 amide bonds. The zero-order valence-corrected chi connectivity index (χ0v) is 16.6. The number of aliphatic hydroxyl groups is 3. The third kappa shape index (κ3) is 2.98. The molecule has 0 bridgehead atoms. The number of hydrogen-bond donors (Lipinski definition) is 3. The van der Waals surface area contributed by atoms with E-state index in [9.17, 15) is 20.6 Å². The molecular weight excluding hydrogens is 378 g/mol. The van der Waals surface area contributed by atoms with Crippen molar-refractivity contribution in [3.8, 4) is 6.07 Å². The molecule has 1 spiro atoms. The van der Waals surface area contributed by atoms with Gasteiger partial charge in [-0.25, -0.2) is 0 Å². The molecule has 5 atom stereocenters. The van der Waals surface area contributed by atoms with E-state index in [0.717, 1.165) is 22.4 Å². The van der Waals surface area contributed by atoms with Gasteiger partial charge >= 0.3 is 0 Å². The molecular formula is C21H23NO5S. The fourth-order valence-electron chi connectivity index (χ4n) is 3.99. The van der Waals surface area contributed by atoms with Crippen LogP contribution in [0.15, 0.2) is 24.3 Å². The van der Waals surface area contributed by atoms with Gasteiger partial charge in [0.25, 0.3) is 0 Å². The van der Waals surface area contributed by atoms with E-state index in [1.807, 2.05) is 6.07 Å². The van der Waals surface area contributed by atoms with Crippen molar-refractivity contribution in [3.05, 3.63) is 56.3 Å². The van der Waals surface area contributed by atoms with E-state index in [2.05, 4.69) is 25.1 Å². The van der Waals surface area contributed by atoms with Crippen LogP contribution in [0.3, 0.4) is 0 Å². The van der Waals surface area contributed by atoms with Crippen LogP contribution in [0.5, 0.6) is 0 Å². The zero-order chi connectivity index (χ0) is 20.1. The van der Waals surface area contributed by atoms with Crippen molar-refractivity contribution in [1.82, 2.24) is 0 Å². The maximum absolute atomic E-state index is 10.7. The monoisotopic (exact) mass is 401 g/mol. The minimum atomic E-state index is -1.54. The average Bonchev–Trinajstić information content (AvgIpc) is 3.29. The molecule has 3 N–H and O–H groups in total. The van der Waals surface area contributed by atoms with Crippen LogP contribution in [-0.2, 0) is 34.7 Å². The van der Waals surface area contributed by atoms with Crippen LogP contribution in [0.1, 0.15) is 45.9 Å². The van der Waals surface area contributed by atoms with Gasteiger partial charge in [0.05, 0.1) is 24.3 Å². The van der Waals surface area contributed by atoms with Gasteiger partial charge in [-0.3, -0.25) is 0 Å². The summed E-state index contributed by atoms with van der Waals surface area (Å²) in [5.41, 5.74) is 2.74. The molecule has 1 fully saturated rings. The molecule has 0 radical (unpaired) electrons. The molecule has 1 aromatic heterocycles. The van der Waals surface area contributed by atoms with E-state index < -0.39 is 30.2 Å². The highest BCUT2D eigenvalue weighted by molar-refractivity contribution is 7.12. The van der Waals surface area contributed by atoms with Gasteiger partial charge in [-0.2, -0.15) is 5.26 Å². The highest BCUT2D eigenvalue weighted by Crippen LogP contribution is 2.46. The second kappa shape index (κ2) is 7.23. The first-order valence-electron chi connectivity index (χ1n) is 9.39. The standard InChI is InChI=1S/C21H23NO5S/c1-3-15-4-5-16(28-15)7-12-8-17-14(6-13(12)9-22)10-26-21(17)20(25)19(24)18(23)11(2)27-21/h4-6,8,11,18-20,23-25H,3,7,10H2,1-2H3/t11-,18-,19+,20-,21+/m1/s1. The maximum Gasteiger partial charge on any atom is 0.225 e. The van der Waals surface area contributed by atoms with Gasteiger partial charge in [-0.1, -0.05) is 6.92 Å². The summed E-state index contributed by atoms with van der Waals surface area (Å²) in [6, 6.07) is 10.0. The molecule has 7 heteroatoms. The Morgan fingerprint density at radius 3 is 2.64 bits per heavy atom. The molecule has 0 aliphatic carbocycles. The van der Waals surface area contributed by atoms with Gasteiger partial charge in [0.15, 0.2) is 0 Å². The normalized spacial score (nSPS) is 31.7. The van der Waals surface area contributed by atoms with Crippen LogP contribution in [0.25, 0.3) is 0 Å². The molecule has 2 aliphatic heterocycles. The lowest BCUT2D eigenvalue weighted by atomic mass is 9.86. The number of nitrogens with zero attached hydrogens (tertiary/aromatic N) is 1. The minimum absolute atomic E-state index is 0.163. The summed E-state index contributed by atoms with van der Waals surface area (Å²) in [5, 5.41) is 40.6. The van der Waals surface area contributed by atoms with Crippen molar-refractivity contribution in [2.24, 2.45) is 0 Å². The Balaban J connectivity index is 1.76. The molecule has 148 valence electrons. The summed E-state index contributed by atoms with van der Waals surface area (Å²) in [7, 11) is 0. The summed E-state index contributed by atoms with van der Waals surface area (Å²) >= 11 is 1.71. The minimum Gasteiger partial charge on any atom is -0.388 e. The number of ether oxygens (including phenoxy) is 2. The summed E-state index contributed by atoms with van der Waals surface area (Å²) in [6.45, 7) is 3.90. The van der Waals surface area contributed by atoms with Gasteiger partial charge in [0.1, 0.15) is 18.3 Å². The molecule has 2 aliphatic rings. The zero-order valence-electron chi connectivity index (χ0n) is 15.8. The van der Waals surface area contributed by atoms with Crippen molar-refractivity contribution < 1.29 is 24.8 Å². The van der Waals surface area contributed by atoms with Crippen LogP contribution in [0, 0.1) is 11.3 Å². The van der Waals surface area contributed by atoms with Crippen molar-refractivity contribution in [1.29, 1.82) is 5.26 Å². The van der Waals surface area contributed by atoms with Crippen LogP contribution < -0.4 is 0 Å². The number of fused-ring (bicyclic) bond motifs is 2. The molecule has 2 aromatic rings. The predicted octanol–water partition coefficient (Wildman–Crippen LogP) is 1.96. The molecule has 4 rings (SSSR count). The summed E-state index contributed by atoms with van der Waals surface area (Å²) < 4.78 is 11.7. The molecule has 3 heterocycles. The van der Waals surface area contributed by atoms with Crippen LogP contribution >= 0.6 is 11.3 Å². The average molecular weight is 401 g/mol. The van der Waals surface area contributed by atoms with E-state index >= 15 is 0 Å². The lowest BCUT2D eigenvalue weighted by molar-refractivity contribution is -0.362. The van der Waals surface area contributed by atoms with Crippen LogP contribution in [-0.4, -0.2) is 39.7 Å². The van der Waals surface area contributed by atoms with Gasteiger partial charge in [0.2, 0.25) is 5.79 Å². The number of nitriles is 1. The predicted molar refractivity (Wildman–Crippen MR) is 103 cm³/mol. The highest BCUT2D eigenvalue weighted by Gasteiger charge is 2.57. The van der Waals surface area contributed by atoms with Crippen molar-refractivity contribution in [2.45, 2.75) is 63.5 Å². The van der Waals surface area contributed by atoms with E-state index in [1.165, 1.54) is 4.88 Å². The summed E-state index contributed by atoms with van der Waals surface area (Å²) in [5.74, 6) is -1.54. The van der Waals surface area contributed by atoms with Crippen LogP contribution in [0.4, 0.5) is 0 Å². The number of rotatable bonds is 3. The van der Waals surface area contributed by atoms with E-state index in [0.29, 0.717) is 17.5 Å². The second-order valence-electron chi connectivity index (χ2n) is 7.38. The Bertz CT molecular complexity index is 935. The Labute approximate surface area is 167 Å². The third-order valence-electron chi connectivity index (χ3n) is 5.60. The number of hydrogen-bond acceptors (Lipinski definition) is 7. The first-order valence-corrected chi connectivity index (χ1v) is 10.2. The summed E-state index contributed by atoms with van der Waals surface area (Å²) in [6.07, 6.45) is -3.19. The topological polar surface area (TPSA) is 103 Å². The molecule has 28 heavy (non-hydrogen) atoms. The smallest absolute Gasteiger partial charge is 0.225 e. The Kier molecular flexibility index (Phi) is 5.04. The number of benzene rings is 1. The van der Waals surface area contributed by atoms with Crippen LogP contribution in [0.2, 0.25) is 0 Å². The Hall–Kier alpha value is -1.79. The number of aliphatic hydroxyl groups excluding tert-OH is 3. The lowest BCUT2D eigenvalue weighted by Gasteiger charge is -2.45. The van der Waals surface area contributed by atoms with E-state index in [4.69, 9.17) is 9.47 Å². The summed E-state index contributed by atoms with van der Waals surface area (Å²) in [4.78, 5) is 2.43. The molecule has 6 nitrogen and oxygen atoms in total. The van der Waals surface area contributed by atoms with Crippen molar-refractivity contribution in [3.63, 3.8) is 0 Å². The van der Waals surface area contributed by atoms with Gasteiger partial charge in [-0.05, 0) is 48.7 Å². The van der Waals surface area contributed by atoms with Crippen molar-refractivity contribution in [2.75, 3.05) is 0 Å². The first kappa shape index (κ1) is 19.5. The maximum atomic E-state index is 10.7.